The normalized spacial score (nSPS) is 12.5. The van der Waals surface area contributed by atoms with Gasteiger partial charge in [-0.1, -0.05) is 15.9 Å². The van der Waals surface area contributed by atoms with Crippen LogP contribution in [0.2, 0.25) is 0 Å². The van der Waals surface area contributed by atoms with Crippen LogP contribution in [0.5, 0.6) is 5.75 Å². The van der Waals surface area contributed by atoms with E-state index < -0.39 is 0 Å². The number of hydrogen-bond acceptors (Lipinski definition) is 4. The number of aromatic nitrogens is 2. The third-order valence-electron chi connectivity index (χ3n) is 2.17. The van der Waals surface area contributed by atoms with Gasteiger partial charge in [0, 0.05) is 4.47 Å². The van der Waals surface area contributed by atoms with Crippen LogP contribution in [0.15, 0.2) is 27.1 Å². The highest BCUT2D eigenvalue weighted by Crippen LogP contribution is 2.32. The maximum Gasteiger partial charge on any atom is 0.251 e. The Hall–Kier alpha value is -1.07. The number of alkyl halides is 1. The molecule has 0 radical (unpaired) electrons. The van der Waals surface area contributed by atoms with Gasteiger partial charge in [-0.3, -0.25) is 0 Å². The van der Waals surface area contributed by atoms with Crippen molar-refractivity contribution in [1.29, 1.82) is 0 Å². The zero-order valence-electron chi connectivity index (χ0n) is 9.28. The van der Waals surface area contributed by atoms with E-state index in [9.17, 15) is 0 Å². The molecule has 0 aliphatic rings. The van der Waals surface area contributed by atoms with E-state index >= 15 is 0 Å². The summed E-state index contributed by atoms with van der Waals surface area (Å²) < 4.78 is 11.6. The molecule has 1 aromatic carbocycles. The molecule has 1 heterocycles. The average molecular weight is 318 g/mol. The Bertz CT molecular complexity index is 528. The molecule has 1 aromatic heterocycles. The van der Waals surface area contributed by atoms with E-state index in [-0.39, 0.29) is 5.38 Å². The first-order chi connectivity index (χ1) is 8.11. The van der Waals surface area contributed by atoms with Crippen molar-refractivity contribution in [1.82, 2.24) is 10.2 Å². The van der Waals surface area contributed by atoms with E-state index in [1.807, 2.05) is 18.2 Å². The summed E-state index contributed by atoms with van der Waals surface area (Å²) >= 11 is 9.24. The summed E-state index contributed by atoms with van der Waals surface area (Å²) in [5, 5.41) is 7.52. The molecule has 4 nitrogen and oxygen atoms in total. The minimum Gasteiger partial charge on any atom is -0.496 e. The molecule has 1 unspecified atom stereocenters. The molecule has 0 fully saturated rings. The summed E-state index contributed by atoms with van der Waals surface area (Å²) in [5.41, 5.74) is 0.742. The van der Waals surface area contributed by atoms with Crippen molar-refractivity contribution in [3.05, 3.63) is 28.6 Å². The van der Waals surface area contributed by atoms with Gasteiger partial charge in [-0.25, -0.2) is 0 Å². The molecule has 6 heteroatoms. The smallest absolute Gasteiger partial charge is 0.251 e. The van der Waals surface area contributed by atoms with Crippen LogP contribution >= 0.6 is 27.5 Å². The van der Waals surface area contributed by atoms with Crippen LogP contribution in [0, 0.1) is 0 Å². The molecule has 0 saturated carbocycles. The molecule has 0 amide bonds. The number of methoxy groups -OCH3 is 1. The van der Waals surface area contributed by atoms with Gasteiger partial charge in [0.15, 0.2) is 0 Å². The SMILES string of the molecule is COc1cc(Br)ccc1-c1nnc(C(C)Cl)o1. The summed E-state index contributed by atoms with van der Waals surface area (Å²) in [7, 11) is 1.59. The molecule has 2 rings (SSSR count). The highest BCUT2D eigenvalue weighted by Gasteiger charge is 2.16. The van der Waals surface area contributed by atoms with Crippen LogP contribution in [0.1, 0.15) is 18.2 Å². The quantitative estimate of drug-likeness (QED) is 0.808. The highest BCUT2D eigenvalue weighted by atomic mass is 79.9. The molecule has 0 spiro atoms. The van der Waals surface area contributed by atoms with Crippen LogP contribution in [0.4, 0.5) is 0 Å². The minimum atomic E-state index is -0.308. The van der Waals surface area contributed by atoms with Gasteiger partial charge in [0.25, 0.3) is 5.89 Å². The van der Waals surface area contributed by atoms with Gasteiger partial charge in [0.1, 0.15) is 11.1 Å². The fourth-order valence-corrected chi connectivity index (χ4v) is 1.77. The molecule has 0 aliphatic heterocycles. The van der Waals surface area contributed by atoms with Gasteiger partial charge < -0.3 is 9.15 Å². The number of rotatable bonds is 3. The van der Waals surface area contributed by atoms with Gasteiger partial charge in [0.05, 0.1) is 12.7 Å². The Labute approximate surface area is 112 Å². The molecule has 0 saturated heterocycles. The monoisotopic (exact) mass is 316 g/mol. The third kappa shape index (κ3) is 2.61. The average Bonchev–Trinajstić information content (AvgIpc) is 2.78. The predicted molar refractivity (Wildman–Crippen MR) is 68.3 cm³/mol. The largest absolute Gasteiger partial charge is 0.496 e. The zero-order chi connectivity index (χ0) is 12.4. The Morgan fingerprint density at radius 1 is 1.41 bits per heavy atom. The van der Waals surface area contributed by atoms with Crippen molar-refractivity contribution < 1.29 is 9.15 Å². The van der Waals surface area contributed by atoms with E-state index in [0.717, 1.165) is 10.0 Å². The standard InChI is InChI=1S/C11H10BrClN2O2/c1-6(13)10-14-15-11(17-10)8-4-3-7(12)5-9(8)16-2/h3-6H,1-2H3. The van der Waals surface area contributed by atoms with Gasteiger partial charge in [-0.2, -0.15) is 0 Å². The lowest BCUT2D eigenvalue weighted by molar-refractivity contribution is 0.413. The second-order valence-corrected chi connectivity index (χ2v) is 4.98. The van der Waals surface area contributed by atoms with Crippen molar-refractivity contribution >= 4 is 27.5 Å². The molecule has 1 atom stereocenters. The fourth-order valence-electron chi connectivity index (χ4n) is 1.35. The van der Waals surface area contributed by atoms with E-state index in [4.69, 9.17) is 20.8 Å². The van der Waals surface area contributed by atoms with Gasteiger partial charge >= 0.3 is 0 Å². The van der Waals surface area contributed by atoms with Crippen molar-refractivity contribution in [2.24, 2.45) is 0 Å². The Balaban J connectivity index is 2.44. The lowest BCUT2D eigenvalue weighted by atomic mass is 10.2. The van der Waals surface area contributed by atoms with E-state index in [0.29, 0.717) is 17.5 Å². The molecule has 17 heavy (non-hydrogen) atoms. The lowest BCUT2D eigenvalue weighted by Gasteiger charge is -2.05. The predicted octanol–water partition coefficient (Wildman–Crippen LogP) is 3.81. The maximum absolute atomic E-state index is 5.87. The number of nitrogens with zero attached hydrogens (tertiary/aromatic N) is 2. The first-order valence-corrected chi connectivity index (χ1v) is 6.16. The minimum absolute atomic E-state index is 0.308. The second kappa shape index (κ2) is 5.06. The van der Waals surface area contributed by atoms with Crippen LogP contribution in [0.3, 0.4) is 0 Å². The van der Waals surface area contributed by atoms with Gasteiger partial charge in [0.2, 0.25) is 5.89 Å². The molecule has 0 bridgehead atoms. The molecular weight excluding hydrogens is 307 g/mol. The Kier molecular flexibility index (Phi) is 3.69. The van der Waals surface area contributed by atoms with Crippen molar-refractivity contribution in [3.8, 4) is 17.2 Å². The summed E-state index contributed by atoms with van der Waals surface area (Å²) in [5.74, 6) is 1.46. The third-order valence-corrected chi connectivity index (χ3v) is 2.85. The number of halogens is 2. The zero-order valence-corrected chi connectivity index (χ0v) is 11.6. The van der Waals surface area contributed by atoms with Crippen molar-refractivity contribution in [2.45, 2.75) is 12.3 Å². The summed E-state index contributed by atoms with van der Waals surface area (Å²) in [4.78, 5) is 0. The number of ether oxygens (including phenoxy) is 1. The van der Waals surface area contributed by atoms with Crippen molar-refractivity contribution in [3.63, 3.8) is 0 Å². The Morgan fingerprint density at radius 3 is 2.76 bits per heavy atom. The number of benzene rings is 1. The molecule has 0 N–H and O–H groups in total. The van der Waals surface area contributed by atoms with Gasteiger partial charge in [-0.05, 0) is 25.1 Å². The highest BCUT2D eigenvalue weighted by molar-refractivity contribution is 9.10. The summed E-state index contributed by atoms with van der Waals surface area (Å²) in [6.45, 7) is 1.78. The van der Waals surface area contributed by atoms with E-state index in [1.54, 1.807) is 14.0 Å². The fraction of sp³-hybridized carbons (Fsp3) is 0.273. The van der Waals surface area contributed by atoms with E-state index in [2.05, 4.69) is 26.1 Å². The molecule has 2 aromatic rings. The lowest BCUT2D eigenvalue weighted by Crippen LogP contribution is -1.88. The summed E-state index contributed by atoms with van der Waals surface area (Å²) in [6.07, 6.45) is 0. The first kappa shape index (κ1) is 12.4. The maximum atomic E-state index is 5.87. The second-order valence-electron chi connectivity index (χ2n) is 3.41. The number of hydrogen-bond donors (Lipinski definition) is 0. The van der Waals surface area contributed by atoms with Crippen LogP contribution < -0.4 is 4.74 Å². The Morgan fingerprint density at radius 2 is 2.18 bits per heavy atom. The van der Waals surface area contributed by atoms with Gasteiger partial charge in [-0.15, -0.1) is 21.8 Å². The van der Waals surface area contributed by atoms with Crippen LogP contribution in [0.25, 0.3) is 11.5 Å². The molecular formula is C11H10BrClN2O2. The molecule has 90 valence electrons. The molecule has 0 aliphatic carbocycles. The topological polar surface area (TPSA) is 48.2 Å². The van der Waals surface area contributed by atoms with Crippen LogP contribution in [-0.4, -0.2) is 17.3 Å². The van der Waals surface area contributed by atoms with Crippen molar-refractivity contribution in [2.75, 3.05) is 7.11 Å². The first-order valence-electron chi connectivity index (χ1n) is 4.93. The summed E-state index contributed by atoms with van der Waals surface area (Å²) in [6, 6.07) is 5.56. The van der Waals surface area contributed by atoms with E-state index in [1.165, 1.54) is 0 Å². The van der Waals surface area contributed by atoms with Crippen LogP contribution in [-0.2, 0) is 0 Å².